The third kappa shape index (κ3) is 2.94. The first-order valence-electron chi connectivity index (χ1n) is 5.13. The number of hydrazine groups is 1. The second-order valence-electron chi connectivity index (χ2n) is 3.72. The van der Waals surface area contributed by atoms with Crippen LogP contribution < -0.4 is 11.3 Å². The molecule has 0 aliphatic carbocycles. The molecule has 0 saturated carbocycles. The normalized spacial score (nSPS) is 12.6. The van der Waals surface area contributed by atoms with E-state index in [1.165, 1.54) is 12.1 Å². The van der Waals surface area contributed by atoms with Crippen LogP contribution in [0.4, 0.5) is 4.39 Å². The predicted octanol–water partition coefficient (Wildman–Crippen LogP) is 2.93. The fraction of sp³-hybridized carbons (Fsp3) is 0.167. The molecule has 3 N–H and O–H groups in total. The molecule has 2 aromatic rings. The number of benzene rings is 1. The molecule has 0 radical (unpaired) electrons. The Morgan fingerprint density at radius 3 is 2.88 bits per heavy atom. The molecule has 1 aromatic carbocycles. The maximum absolute atomic E-state index is 13.2. The minimum atomic E-state index is -0.282. The van der Waals surface area contributed by atoms with Gasteiger partial charge in [0.2, 0.25) is 0 Å². The summed E-state index contributed by atoms with van der Waals surface area (Å²) in [6.45, 7) is 0. The molecule has 0 spiro atoms. The minimum Gasteiger partial charge on any atom is -0.472 e. The predicted molar refractivity (Wildman–Crippen MR) is 66.6 cm³/mol. The topological polar surface area (TPSA) is 51.2 Å². The number of rotatable bonds is 4. The van der Waals surface area contributed by atoms with Crippen LogP contribution in [0.1, 0.15) is 17.2 Å². The van der Waals surface area contributed by atoms with Gasteiger partial charge in [-0.15, -0.1) is 0 Å². The molecule has 5 heteroatoms. The average molecular weight is 299 g/mol. The number of nitrogens with two attached hydrogens (primary N) is 1. The lowest BCUT2D eigenvalue weighted by molar-refractivity contribution is 0.530. The summed E-state index contributed by atoms with van der Waals surface area (Å²) >= 11 is 3.39. The summed E-state index contributed by atoms with van der Waals surface area (Å²) in [5, 5.41) is 0. The second kappa shape index (κ2) is 5.44. The first kappa shape index (κ1) is 12.3. The molecule has 3 nitrogen and oxygen atoms in total. The van der Waals surface area contributed by atoms with E-state index >= 15 is 0 Å². The van der Waals surface area contributed by atoms with Crippen molar-refractivity contribution >= 4 is 15.9 Å². The first-order chi connectivity index (χ1) is 8.20. The molecule has 1 unspecified atom stereocenters. The third-order valence-electron chi connectivity index (χ3n) is 2.55. The Hall–Kier alpha value is -1.17. The van der Waals surface area contributed by atoms with Crippen molar-refractivity contribution in [2.24, 2.45) is 5.84 Å². The van der Waals surface area contributed by atoms with Gasteiger partial charge in [0.05, 0.1) is 18.6 Å². The van der Waals surface area contributed by atoms with E-state index in [1.807, 2.05) is 6.07 Å². The highest BCUT2D eigenvalue weighted by molar-refractivity contribution is 9.10. The van der Waals surface area contributed by atoms with Gasteiger partial charge >= 0.3 is 0 Å². The first-order valence-corrected chi connectivity index (χ1v) is 5.92. The molecule has 0 saturated heterocycles. The Morgan fingerprint density at radius 1 is 1.41 bits per heavy atom. The molecular weight excluding hydrogens is 287 g/mol. The summed E-state index contributed by atoms with van der Waals surface area (Å²) in [7, 11) is 0. The van der Waals surface area contributed by atoms with Gasteiger partial charge in [0.25, 0.3) is 0 Å². The highest BCUT2D eigenvalue weighted by Crippen LogP contribution is 2.26. The van der Waals surface area contributed by atoms with Gasteiger partial charge < -0.3 is 4.42 Å². The molecule has 2 rings (SSSR count). The van der Waals surface area contributed by atoms with Crippen LogP contribution in [0.15, 0.2) is 45.7 Å². The molecule has 0 aliphatic heterocycles. The molecule has 0 fully saturated rings. The number of nitrogens with one attached hydrogen (secondary N) is 1. The summed E-state index contributed by atoms with van der Waals surface area (Å²) in [4.78, 5) is 0. The number of halogens is 2. The van der Waals surface area contributed by atoms with Crippen molar-refractivity contribution in [3.05, 3.63) is 58.2 Å². The van der Waals surface area contributed by atoms with Gasteiger partial charge in [0.15, 0.2) is 0 Å². The van der Waals surface area contributed by atoms with E-state index in [-0.39, 0.29) is 11.9 Å². The van der Waals surface area contributed by atoms with E-state index in [0.717, 1.165) is 15.6 Å². The van der Waals surface area contributed by atoms with Crippen LogP contribution in [-0.4, -0.2) is 0 Å². The van der Waals surface area contributed by atoms with Gasteiger partial charge in [-0.1, -0.05) is 15.9 Å². The molecule has 0 amide bonds. The van der Waals surface area contributed by atoms with Crippen LogP contribution in [0.2, 0.25) is 0 Å². The van der Waals surface area contributed by atoms with E-state index in [0.29, 0.717) is 6.42 Å². The van der Waals surface area contributed by atoms with Crippen molar-refractivity contribution in [1.29, 1.82) is 0 Å². The van der Waals surface area contributed by atoms with Gasteiger partial charge in [-0.2, -0.15) is 0 Å². The van der Waals surface area contributed by atoms with Gasteiger partial charge in [-0.25, -0.2) is 4.39 Å². The molecule has 1 atom stereocenters. The van der Waals surface area contributed by atoms with Crippen molar-refractivity contribution in [3.63, 3.8) is 0 Å². The lowest BCUT2D eigenvalue weighted by Crippen LogP contribution is -2.29. The van der Waals surface area contributed by atoms with Crippen molar-refractivity contribution in [1.82, 2.24) is 5.43 Å². The minimum absolute atomic E-state index is 0.169. The average Bonchev–Trinajstić information content (AvgIpc) is 2.82. The van der Waals surface area contributed by atoms with Crippen LogP contribution >= 0.6 is 15.9 Å². The summed E-state index contributed by atoms with van der Waals surface area (Å²) < 4.78 is 19.0. The van der Waals surface area contributed by atoms with Crippen LogP contribution in [0.25, 0.3) is 0 Å². The van der Waals surface area contributed by atoms with Crippen LogP contribution in [0.3, 0.4) is 0 Å². The molecule has 1 heterocycles. The summed E-state index contributed by atoms with van der Waals surface area (Å²) in [6.07, 6.45) is 3.89. The number of hydrogen-bond acceptors (Lipinski definition) is 3. The standard InChI is InChI=1S/C12H12BrFN2O/c13-11-2-1-9(14)6-10(11)12(16-15)5-8-3-4-17-7-8/h1-4,6-7,12,16H,5,15H2. The van der Waals surface area contributed by atoms with Crippen molar-refractivity contribution in [2.75, 3.05) is 0 Å². The van der Waals surface area contributed by atoms with Gasteiger partial charge in [-0.05, 0) is 41.8 Å². The fourth-order valence-corrected chi connectivity index (χ4v) is 2.21. The maximum atomic E-state index is 13.2. The molecule has 0 aliphatic rings. The fourth-order valence-electron chi connectivity index (χ4n) is 1.68. The van der Waals surface area contributed by atoms with Crippen molar-refractivity contribution in [3.8, 4) is 0 Å². The lowest BCUT2D eigenvalue weighted by Gasteiger charge is -2.17. The molecule has 1 aromatic heterocycles. The summed E-state index contributed by atoms with van der Waals surface area (Å²) in [5.74, 6) is 5.23. The second-order valence-corrected chi connectivity index (χ2v) is 4.58. The molecule has 17 heavy (non-hydrogen) atoms. The van der Waals surface area contributed by atoms with Gasteiger partial charge in [0.1, 0.15) is 5.82 Å². The zero-order valence-electron chi connectivity index (χ0n) is 8.99. The smallest absolute Gasteiger partial charge is 0.123 e. The lowest BCUT2D eigenvalue weighted by atomic mass is 10.0. The Labute approximate surface area is 107 Å². The van der Waals surface area contributed by atoms with E-state index in [1.54, 1.807) is 18.6 Å². The summed E-state index contributed by atoms with van der Waals surface area (Å²) in [5.41, 5.74) is 4.48. The Kier molecular flexibility index (Phi) is 3.93. The highest BCUT2D eigenvalue weighted by atomic mass is 79.9. The maximum Gasteiger partial charge on any atom is 0.123 e. The van der Waals surface area contributed by atoms with E-state index < -0.39 is 0 Å². The SMILES string of the molecule is NNC(Cc1ccoc1)c1cc(F)ccc1Br. The number of furan rings is 1. The Morgan fingerprint density at radius 2 is 2.24 bits per heavy atom. The Balaban J connectivity index is 2.25. The van der Waals surface area contributed by atoms with E-state index in [9.17, 15) is 4.39 Å². The quantitative estimate of drug-likeness (QED) is 0.674. The monoisotopic (exact) mass is 298 g/mol. The van der Waals surface area contributed by atoms with E-state index in [2.05, 4.69) is 21.4 Å². The zero-order valence-corrected chi connectivity index (χ0v) is 10.6. The van der Waals surface area contributed by atoms with Gasteiger partial charge in [-0.3, -0.25) is 11.3 Å². The number of hydrogen-bond donors (Lipinski definition) is 2. The van der Waals surface area contributed by atoms with Crippen LogP contribution in [0.5, 0.6) is 0 Å². The zero-order chi connectivity index (χ0) is 12.3. The van der Waals surface area contributed by atoms with Crippen LogP contribution in [0, 0.1) is 5.82 Å². The van der Waals surface area contributed by atoms with Crippen LogP contribution in [-0.2, 0) is 6.42 Å². The molecular formula is C12H12BrFN2O. The molecule has 90 valence electrons. The largest absolute Gasteiger partial charge is 0.472 e. The van der Waals surface area contributed by atoms with Crippen molar-refractivity contribution in [2.45, 2.75) is 12.5 Å². The Bertz CT molecular complexity index is 487. The highest BCUT2D eigenvalue weighted by Gasteiger charge is 2.15. The van der Waals surface area contributed by atoms with E-state index in [4.69, 9.17) is 10.3 Å². The van der Waals surface area contributed by atoms with Crippen molar-refractivity contribution < 1.29 is 8.81 Å². The summed E-state index contributed by atoms with van der Waals surface area (Å²) in [6, 6.07) is 6.23. The van der Waals surface area contributed by atoms with Gasteiger partial charge in [0, 0.05) is 4.47 Å². The molecule has 0 bridgehead atoms. The third-order valence-corrected chi connectivity index (χ3v) is 3.28.